The maximum Gasteiger partial charge on any atom is 0.332 e. The standard InChI is InChI=1S/C20H21FN4O3/c1-11(2)16(12-5-7-13(21)8-6-12)23-18(26)15-10-9-14-17(22-15)24(3)20(28)25(4)19(14)27/h5-11,16H,1-4H3,(H,23,26)/t16-/m0/s1. The minimum Gasteiger partial charge on any atom is -0.344 e. The van der Waals surface area contributed by atoms with E-state index in [9.17, 15) is 18.8 Å². The zero-order chi connectivity index (χ0) is 20.6. The van der Waals surface area contributed by atoms with Gasteiger partial charge in [0, 0.05) is 14.1 Å². The Bertz CT molecular complexity index is 1160. The molecule has 0 radical (unpaired) electrons. The van der Waals surface area contributed by atoms with Gasteiger partial charge in [0.25, 0.3) is 11.5 Å². The van der Waals surface area contributed by atoms with Crippen molar-refractivity contribution < 1.29 is 9.18 Å². The number of nitrogens with zero attached hydrogens (tertiary/aromatic N) is 3. The van der Waals surface area contributed by atoms with Crippen LogP contribution in [0.1, 0.15) is 35.9 Å². The molecule has 1 N–H and O–H groups in total. The highest BCUT2D eigenvalue weighted by molar-refractivity contribution is 5.94. The van der Waals surface area contributed by atoms with E-state index in [1.54, 1.807) is 12.1 Å². The summed E-state index contributed by atoms with van der Waals surface area (Å²) < 4.78 is 15.4. The van der Waals surface area contributed by atoms with Gasteiger partial charge in [0.05, 0.1) is 11.4 Å². The molecule has 1 atom stereocenters. The maximum absolute atomic E-state index is 13.2. The van der Waals surface area contributed by atoms with Gasteiger partial charge < -0.3 is 5.32 Å². The summed E-state index contributed by atoms with van der Waals surface area (Å²) in [5.41, 5.74) is 0.0109. The molecule has 1 aromatic carbocycles. The van der Waals surface area contributed by atoms with Crippen LogP contribution in [-0.2, 0) is 14.1 Å². The second-order valence-corrected chi connectivity index (χ2v) is 7.02. The SMILES string of the molecule is CC(C)[C@H](NC(=O)c1ccc2c(=O)n(C)c(=O)n(C)c2n1)c1ccc(F)cc1. The molecule has 1 amide bonds. The van der Waals surface area contributed by atoms with Crippen molar-refractivity contribution in [3.8, 4) is 0 Å². The molecule has 0 unspecified atom stereocenters. The van der Waals surface area contributed by atoms with Gasteiger partial charge in [-0.25, -0.2) is 14.2 Å². The molecular formula is C20H21FN4O3. The first-order valence-electron chi connectivity index (χ1n) is 8.83. The highest BCUT2D eigenvalue weighted by Gasteiger charge is 2.21. The summed E-state index contributed by atoms with van der Waals surface area (Å²) in [5, 5.41) is 3.15. The van der Waals surface area contributed by atoms with Crippen molar-refractivity contribution in [3.63, 3.8) is 0 Å². The predicted molar refractivity (Wildman–Crippen MR) is 104 cm³/mol. The number of pyridine rings is 1. The molecule has 146 valence electrons. The number of nitrogens with one attached hydrogen (secondary N) is 1. The molecular weight excluding hydrogens is 363 g/mol. The zero-order valence-electron chi connectivity index (χ0n) is 16.1. The second-order valence-electron chi connectivity index (χ2n) is 7.02. The van der Waals surface area contributed by atoms with Gasteiger partial charge in [-0.1, -0.05) is 26.0 Å². The van der Waals surface area contributed by atoms with Gasteiger partial charge in [-0.2, -0.15) is 0 Å². The topological polar surface area (TPSA) is 86.0 Å². The molecule has 2 aromatic heterocycles. The number of aromatic nitrogens is 3. The Morgan fingerprint density at radius 3 is 2.29 bits per heavy atom. The molecule has 3 rings (SSSR count). The van der Waals surface area contributed by atoms with Crippen molar-refractivity contribution in [2.75, 3.05) is 0 Å². The van der Waals surface area contributed by atoms with Crippen LogP contribution in [0.4, 0.5) is 4.39 Å². The van der Waals surface area contributed by atoms with Crippen molar-refractivity contribution in [1.82, 2.24) is 19.4 Å². The number of fused-ring (bicyclic) bond motifs is 1. The van der Waals surface area contributed by atoms with E-state index in [0.717, 1.165) is 10.1 Å². The number of aryl methyl sites for hydroxylation is 1. The van der Waals surface area contributed by atoms with E-state index in [1.807, 2.05) is 13.8 Å². The summed E-state index contributed by atoms with van der Waals surface area (Å²) >= 11 is 0. The lowest BCUT2D eigenvalue weighted by molar-refractivity contribution is 0.0921. The summed E-state index contributed by atoms with van der Waals surface area (Å²) in [4.78, 5) is 41.4. The van der Waals surface area contributed by atoms with Crippen LogP contribution in [0.2, 0.25) is 0 Å². The monoisotopic (exact) mass is 384 g/mol. The third kappa shape index (κ3) is 3.45. The van der Waals surface area contributed by atoms with E-state index in [0.29, 0.717) is 0 Å². The first kappa shape index (κ1) is 19.5. The molecule has 7 nitrogen and oxygen atoms in total. The Morgan fingerprint density at radius 2 is 1.68 bits per heavy atom. The summed E-state index contributed by atoms with van der Waals surface area (Å²) in [7, 11) is 2.88. The average molecular weight is 384 g/mol. The number of rotatable bonds is 4. The summed E-state index contributed by atoms with van der Waals surface area (Å²) in [5.74, 6) is -0.749. The van der Waals surface area contributed by atoms with Crippen LogP contribution < -0.4 is 16.6 Å². The fourth-order valence-corrected chi connectivity index (χ4v) is 3.10. The number of hydrogen-bond acceptors (Lipinski definition) is 4. The number of hydrogen-bond donors (Lipinski definition) is 1. The highest BCUT2D eigenvalue weighted by Crippen LogP contribution is 2.22. The van der Waals surface area contributed by atoms with Gasteiger partial charge >= 0.3 is 5.69 Å². The van der Waals surface area contributed by atoms with Gasteiger partial charge in [-0.05, 0) is 35.7 Å². The van der Waals surface area contributed by atoms with Crippen LogP contribution >= 0.6 is 0 Å². The number of benzene rings is 1. The fourth-order valence-electron chi connectivity index (χ4n) is 3.10. The Balaban J connectivity index is 1.99. The Morgan fingerprint density at radius 1 is 1.04 bits per heavy atom. The Hall–Kier alpha value is -3.29. The quantitative estimate of drug-likeness (QED) is 0.744. The molecule has 0 aliphatic rings. The van der Waals surface area contributed by atoms with E-state index < -0.39 is 17.2 Å². The van der Waals surface area contributed by atoms with Crippen LogP contribution in [0, 0.1) is 11.7 Å². The lowest BCUT2D eigenvalue weighted by Gasteiger charge is -2.23. The van der Waals surface area contributed by atoms with E-state index in [1.165, 1.54) is 42.9 Å². The lowest BCUT2D eigenvalue weighted by Crippen LogP contribution is -2.38. The van der Waals surface area contributed by atoms with E-state index >= 15 is 0 Å². The molecule has 0 fully saturated rings. The summed E-state index contributed by atoms with van der Waals surface area (Å²) in [6, 6.07) is 8.53. The summed E-state index contributed by atoms with van der Waals surface area (Å²) in [6.07, 6.45) is 0. The van der Waals surface area contributed by atoms with Crippen molar-refractivity contribution >= 4 is 16.9 Å². The van der Waals surface area contributed by atoms with Crippen molar-refractivity contribution in [2.24, 2.45) is 20.0 Å². The smallest absolute Gasteiger partial charge is 0.332 e. The van der Waals surface area contributed by atoms with Crippen LogP contribution in [-0.4, -0.2) is 20.0 Å². The van der Waals surface area contributed by atoms with Gasteiger partial charge in [0.2, 0.25) is 0 Å². The number of carbonyl (C=O) groups excluding carboxylic acids is 1. The van der Waals surface area contributed by atoms with Crippen molar-refractivity contribution in [2.45, 2.75) is 19.9 Å². The van der Waals surface area contributed by atoms with Crippen LogP contribution in [0.25, 0.3) is 11.0 Å². The number of carbonyl (C=O) groups is 1. The van der Waals surface area contributed by atoms with Gasteiger partial charge in [0.1, 0.15) is 17.2 Å². The van der Waals surface area contributed by atoms with E-state index in [2.05, 4.69) is 10.3 Å². The molecule has 0 bridgehead atoms. The minimum absolute atomic E-state index is 0.0477. The van der Waals surface area contributed by atoms with E-state index in [-0.39, 0.29) is 34.5 Å². The molecule has 0 spiro atoms. The molecule has 8 heteroatoms. The third-order valence-corrected chi connectivity index (χ3v) is 4.72. The molecule has 3 aromatic rings. The Labute approximate surface area is 160 Å². The zero-order valence-corrected chi connectivity index (χ0v) is 16.1. The van der Waals surface area contributed by atoms with Gasteiger partial charge in [-0.3, -0.25) is 18.7 Å². The fraction of sp³-hybridized carbons (Fsp3) is 0.300. The predicted octanol–water partition coefficient (Wildman–Crippen LogP) is 1.90. The molecule has 0 saturated carbocycles. The summed E-state index contributed by atoms with van der Waals surface area (Å²) in [6.45, 7) is 3.88. The second kappa shape index (κ2) is 7.38. The molecule has 2 heterocycles. The van der Waals surface area contributed by atoms with Crippen molar-refractivity contribution in [3.05, 3.63) is 74.3 Å². The van der Waals surface area contributed by atoms with Gasteiger partial charge in [0.15, 0.2) is 0 Å². The number of halogens is 1. The van der Waals surface area contributed by atoms with Crippen LogP contribution in [0.5, 0.6) is 0 Å². The molecule has 0 saturated heterocycles. The molecule has 28 heavy (non-hydrogen) atoms. The highest BCUT2D eigenvalue weighted by atomic mass is 19.1. The van der Waals surface area contributed by atoms with Crippen molar-refractivity contribution in [1.29, 1.82) is 0 Å². The maximum atomic E-state index is 13.2. The third-order valence-electron chi connectivity index (χ3n) is 4.72. The minimum atomic E-state index is -0.520. The Kier molecular flexibility index (Phi) is 5.13. The van der Waals surface area contributed by atoms with Crippen LogP contribution in [0.3, 0.4) is 0 Å². The molecule has 0 aliphatic carbocycles. The van der Waals surface area contributed by atoms with Gasteiger partial charge in [-0.15, -0.1) is 0 Å². The van der Waals surface area contributed by atoms with Crippen LogP contribution in [0.15, 0.2) is 46.0 Å². The average Bonchev–Trinajstić information content (AvgIpc) is 2.68. The van der Waals surface area contributed by atoms with E-state index in [4.69, 9.17) is 0 Å². The number of amides is 1. The lowest BCUT2D eigenvalue weighted by atomic mass is 9.96. The normalized spacial score (nSPS) is 12.4. The first-order valence-corrected chi connectivity index (χ1v) is 8.83. The first-order chi connectivity index (χ1) is 13.2. The molecule has 0 aliphatic heterocycles. The largest absolute Gasteiger partial charge is 0.344 e.